The monoisotopic (exact) mass is 395 g/mol. The van der Waals surface area contributed by atoms with Crippen LogP contribution >= 0.6 is 0 Å². The first-order valence-electron chi connectivity index (χ1n) is 8.96. The average Bonchev–Trinajstić information content (AvgIpc) is 3.58. The lowest BCUT2D eigenvalue weighted by Gasteiger charge is -2.16. The number of nitrogens with zero attached hydrogens (tertiary/aromatic N) is 5. The smallest absolute Gasteiger partial charge is 0.274 e. The summed E-state index contributed by atoms with van der Waals surface area (Å²) < 4.78 is 0. The van der Waals surface area contributed by atoms with Gasteiger partial charge in [-0.15, -0.1) is 0 Å². The molecule has 11 nitrogen and oxygen atoms in total. The van der Waals surface area contributed by atoms with Crippen LogP contribution in [0, 0.1) is 5.41 Å². The van der Waals surface area contributed by atoms with E-state index in [9.17, 15) is 9.59 Å². The predicted molar refractivity (Wildman–Crippen MR) is 107 cm³/mol. The summed E-state index contributed by atoms with van der Waals surface area (Å²) in [7, 11) is 2.90. The second kappa shape index (κ2) is 8.95. The molecule has 29 heavy (non-hydrogen) atoms. The van der Waals surface area contributed by atoms with Gasteiger partial charge in [0, 0.05) is 26.2 Å². The number of hydrogen-bond donors (Lipinski definition) is 4. The summed E-state index contributed by atoms with van der Waals surface area (Å²) in [6.45, 7) is 0. The normalized spacial score (nSPS) is 14.3. The number of aromatic nitrogens is 4. The van der Waals surface area contributed by atoms with Gasteiger partial charge in [0.25, 0.3) is 11.8 Å². The van der Waals surface area contributed by atoms with Gasteiger partial charge in [-0.05, 0) is 12.8 Å². The molecule has 1 aliphatic rings. The maximum atomic E-state index is 13.0. The van der Waals surface area contributed by atoms with Crippen molar-refractivity contribution in [3.05, 3.63) is 36.3 Å². The van der Waals surface area contributed by atoms with Gasteiger partial charge in [-0.25, -0.2) is 19.9 Å². The number of nitrogens with one attached hydrogen (secondary N) is 4. The lowest BCUT2D eigenvalue weighted by molar-refractivity contribution is -0.114. The Morgan fingerprint density at radius 3 is 2.62 bits per heavy atom. The summed E-state index contributed by atoms with van der Waals surface area (Å²) in [6.07, 6.45) is 9.42. The Morgan fingerprint density at radius 1 is 1.28 bits per heavy atom. The van der Waals surface area contributed by atoms with Gasteiger partial charge in [0.15, 0.2) is 11.5 Å². The molecule has 1 fully saturated rings. The fourth-order valence-corrected chi connectivity index (χ4v) is 2.55. The van der Waals surface area contributed by atoms with Crippen LogP contribution in [0.4, 0.5) is 11.5 Å². The summed E-state index contributed by atoms with van der Waals surface area (Å²) >= 11 is 0. The van der Waals surface area contributed by atoms with E-state index in [-0.39, 0.29) is 17.2 Å². The molecule has 3 rings (SSSR count). The van der Waals surface area contributed by atoms with E-state index >= 15 is 0 Å². The second-order valence-electron chi connectivity index (χ2n) is 6.37. The lowest BCUT2D eigenvalue weighted by atomic mass is 10.1. The van der Waals surface area contributed by atoms with Crippen molar-refractivity contribution in [3.8, 4) is 0 Å². The Balaban J connectivity index is 1.89. The Bertz CT molecular complexity index is 942. The predicted octanol–water partition coefficient (Wildman–Crippen LogP) is 0.452. The molecule has 1 unspecified atom stereocenters. The first kappa shape index (κ1) is 20.0. The maximum Gasteiger partial charge on any atom is 0.274 e. The van der Waals surface area contributed by atoms with Gasteiger partial charge in [0.1, 0.15) is 18.1 Å². The molecule has 0 spiro atoms. The van der Waals surface area contributed by atoms with Gasteiger partial charge in [0.05, 0.1) is 30.0 Å². The minimum Gasteiger partial charge on any atom is -0.354 e. The Morgan fingerprint density at radius 2 is 2.00 bits per heavy atom. The maximum absolute atomic E-state index is 13.0. The molecule has 0 aliphatic heterocycles. The largest absolute Gasteiger partial charge is 0.354 e. The molecule has 0 saturated heterocycles. The van der Waals surface area contributed by atoms with Crippen molar-refractivity contribution < 1.29 is 9.59 Å². The SMILES string of the molecule is CN=CC(NC(=O)c1nc(C2CC2)cnc1Nc1cncnc1)C(=N)C(=O)NC. The van der Waals surface area contributed by atoms with Crippen LogP contribution in [0.5, 0.6) is 0 Å². The van der Waals surface area contributed by atoms with Crippen LogP contribution in [0.1, 0.15) is 34.9 Å². The molecule has 150 valence electrons. The van der Waals surface area contributed by atoms with E-state index < -0.39 is 17.9 Å². The summed E-state index contributed by atoms with van der Waals surface area (Å²) in [4.78, 5) is 45.3. The van der Waals surface area contributed by atoms with E-state index in [1.54, 1.807) is 18.6 Å². The second-order valence-corrected chi connectivity index (χ2v) is 6.37. The zero-order valence-corrected chi connectivity index (χ0v) is 16.0. The number of anilines is 2. The molecule has 4 N–H and O–H groups in total. The molecular weight excluding hydrogens is 374 g/mol. The topological polar surface area (TPSA) is 158 Å². The molecule has 1 saturated carbocycles. The minimum absolute atomic E-state index is 0.0532. The van der Waals surface area contributed by atoms with E-state index in [2.05, 4.69) is 40.9 Å². The van der Waals surface area contributed by atoms with Crippen LogP contribution in [0.3, 0.4) is 0 Å². The minimum atomic E-state index is -1.01. The van der Waals surface area contributed by atoms with E-state index in [0.29, 0.717) is 11.6 Å². The number of aliphatic imine (C=N–C) groups is 1. The van der Waals surface area contributed by atoms with E-state index in [1.807, 2.05) is 0 Å². The zero-order chi connectivity index (χ0) is 20.8. The van der Waals surface area contributed by atoms with Crippen molar-refractivity contribution in [1.82, 2.24) is 30.6 Å². The zero-order valence-electron chi connectivity index (χ0n) is 16.0. The molecule has 11 heteroatoms. The van der Waals surface area contributed by atoms with Gasteiger partial charge in [-0.2, -0.15) is 0 Å². The quantitative estimate of drug-likeness (QED) is 0.472. The standard InChI is InChI=1S/C18H21N9O2/c1-20-7-13(14(19)17(28)21-2)27-18(29)15-16(25-11-5-22-9-23-6-11)24-8-12(26-15)10-3-4-10/h5-10,13,19H,3-4H2,1-2H3,(H,21,28)(H,24,25)(H,27,29). The van der Waals surface area contributed by atoms with Crippen LogP contribution in [0.15, 0.2) is 29.9 Å². The number of carbonyl (C=O) groups is 2. The van der Waals surface area contributed by atoms with E-state index in [1.165, 1.54) is 26.6 Å². The first-order valence-corrected chi connectivity index (χ1v) is 8.96. The third kappa shape index (κ3) is 4.94. The van der Waals surface area contributed by atoms with Gasteiger partial charge >= 0.3 is 0 Å². The number of hydrogen-bond acceptors (Lipinski definition) is 9. The Kier molecular flexibility index (Phi) is 6.17. The highest BCUT2D eigenvalue weighted by molar-refractivity contribution is 6.42. The molecular formula is C18H21N9O2. The van der Waals surface area contributed by atoms with Gasteiger partial charge < -0.3 is 16.0 Å². The van der Waals surface area contributed by atoms with Gasteiger partial charge in [-0.1, -0.05) is 0 Å². The van der Waals surface area contributed by atoms with Gasteiger partial charge in [-0.3, -0.25) is 20.0 Å². The molecule has 2 aromatic rings. The number of rotatable bonds is 8. The molecule has 2 aromatic heterocycles. The number of amides is 2. The van der Waals surface area contributed by atoms with E-state index in [4.69, 9.17) is 5.41 Å². The van der Waals surface area contributed by atoms with Crippen molar-refractivity contribution in [2.75, 3.05) is 19.4 Å². The summed E-state index contributed by atoms with van der Waals surface area (Å²) in [5.41, 5.74) is 0.980. The van der Waals surface area contributed by atoms with Crippen molar-refractivity contribution in [2.24, 2.45) is 4.99 Å². The Labute approximate surface area is 167 Å². The average molecular weight is 395 g/mol. The van der Waals surface area contributed by atoms with Crippen LogP contribution in [0.2, 0.25) is 0 Å². The van der Waals surface area contributed by atoms with E-state index in [0.717, 1.165) is 18.5 Å². The first-order chi connectivity index (χ1) is 14.0. The molecule has 2 heterocycles. The van der Waals surface area contributed by atoms with Crippen molar-refractivity contribution in [1.29, 1.82) is 5.41 Å². The van der Waals surface area contributed by atoms with Crippen LogP contribution in [-0.4, -0.2) is 63.8 Å². The lowest BCUT2D eigenvalue weighted by Crippen LogP contribution is -2.47. The fraction of sp³-hybridized carbons (Fsp3) is 0.333. The highest BCUT2D eigenvalue weighted by Gasteiger charge is 2.29. The molecule has 0 bridgehead atoms. The van der Waals surface area contributed by atoms with Crippen LogP contribution in [0.25, 0.3) is 0 Å². The highest BCUT2D eigenvalue weighted by Crippen LogP contribution is 2.39. The summed E-state index contributed by atoms with van der Waals surface area (Å²) in [6, 6.07) is -1.01. The summed E-state index contributed by atoms with van der Waals surface area (Å²) in [5, 5.41) is 15.9. The molecule has 0 aromatic carbocycles. The van der Waals surface area contributed by atoms with Gasteiger partial charge in [0.2, 0.25) is 0 Å². The molecule has 1 aliphatic carbocycles. The third-order valence-electron chi connectivity index (χ3n) is 4.19. The van der Waals surface area contributed by atoms with Crippen molar-refractivity contribution >= 4 is 35.2 Å². The number of carbonyl (C=O) groups excluding carboxylic acids is 2. The fourth-order valence-electron chi connectivity index (χ4n) is 2.55. The summed E-state index contributed by atoms with van der Waals surface area (Å²) in [5.74, 6) is -0.689. The highest BCUT2D eigenvalue weighted by atomic mass is 16.2. The molecule has 1 atom stereocenters. The van der Waals surface area contributed by atoms with Crippen LogP contribution < -0.4 is 16.0 Å². The molecule has 0 radical (unpaired) electrons. The molecule has 2 amide bonds. The van der Waals surface area contributed by atoms with Crippen LogP contribution in [-0.2, 0) is 4.79 Å². The van der Waals surface area contributed by atoms with Crippen molar-refractivity contribution in [3.63, 3.8) is 0 Å². The third-order valence-corrected chi connectivity index (χ3v) is 4.19. The van der Waals surface area contributed by atoms with Crippen molar-refractivity contribution in [2.45, 2.75) is 24.8 Å². The Hall–Kier alpha value is -3.76.